The van der Waals surface area contributed by atoms with Crippen molar-refractivity contribution in [3.63, 3.8) is 0 Å². The molecule has 1 heterocycles. The van der Waals surface area contributed by atoms with Crippen molar-refractivity contribution in [2.24, 2.45) is 0 Å². The maximum Gasteiger partial charge on any atom is 0.229 e. The number of ether oxygens (including phenoxy) is 1. The second-order valence-corrected chi connectivity index (χ2v) is 6.06. The summed E-state index contributed by atoms with van der Waals surface area (Å²) in [6, 6.07) is 15.3. The summed E-state index contributed by atoms with van der Waals surface area (Å²) >= 11 is 6.09. The molecule has 0 atom stereocenters. The second kappa shape index (κ2) is 7.40. The average Bonchev–Trinajstić information content (AvgIpc) is 2.57. The Labute approximate surface area is 152 Å². The van der Waals surface area contributed by atoms with Crippen LogP contribution in [0.3, 0.4) is 0 Å². The van der Waals surface area contributed by atoms with Gasteiger partial charge >= 0.3 is 0 Å². The number of nitrogens with one attached hydrogen (secondary N) is 2. The van der Waals surface area contributed by atoms with Crippen molar-refractivity contribution in [1.29, 1.82) is 0 Å². The SMILES string of the molecule is COc1ccc(Cl)cc1Nc1cc(C)nc(Nc2ccccc2C)n1. The highest BCUT2D eigenvalue weighted by Gasteiger charge is 2.08. The minimum atomic E-state index is 0.526. The first-order valence-electron chi connectivity index (χ1n) is 7.84. The zero-order chi connectivity index (χ0) is 17.8. The number of methoxy groups -OCH3 is 1. The molecule has 3 aromatic rings. The van der Waals surface area contributed by atoms with E-state index in [-0.39, 0.29) is 0 Å². The molecule has 0 saturated heterocycles. The molecule has 128 valence electrons. The van der Waals surface area contributed by atoms with Crippen LogP contribution in [0.5, 0.6) is 5.75 Å². The van der Waals surface area contributed by atoms with Gasteiger partial charge in [0, 0.05) is 22.5 Å². The van der Waals surface area contributed by atoms with Crippen LogP contribution in [0, 0.1) is 13.8 Å². The fraction of sp³-hybridized carbons (Fsp3) is 0.158. The third-order valence-corrected chi connectivity index (χ3v) is 3.91. The van der Waals surface area contributed by atoms with Crippen LogP contribution in [0.25, 0.3) is 0 Å². The van der Waals surface area contributed by atoms with Gasteiger partial charge in [0.05, 0.1) is 12.8 Å². The van der Waals surface area contributed by atoms with Crippen LogP contribution in [0.1, 0.15) is 11.3 Å². The Bertz CT molecular complexity index is 898. The minimum Gasteiger partial charge on any atom is -0.495 e. The van der Waals surface area contributed by atoms with Crippen LogP contribution >= 0.6 is 11.6 Å². The predicted octanol–water partition coefficient (Wildman–Crippen LogP) is 5.24. The lowest BCUT2D eigenvalue weighted by molar-refractivity contribution is 0.417. The number of benzene rings is 2. The van der Waals surface area contributed by atoms with E-state index in [2.05, 4.69) is 20.6 Å². The van der Waals surface area contributed by atoms with E-state index >= 15 is 0 Å². The van der Waals surface area contributed by atoms with E-state index in [1.54, 1.807) is 19.2 Å². The highest BCUT2D eigenvalue weighted by Crippen LogP contribution is 2.30. The quantitative estimate of drug-likeness (QED) is 0.656. The van der Waals surface area contributed by atoms with Crippen LogP contribution in [-0.2, 0) is 0 Å². The van der Waals surface area contributed by atoms with Crippen molar-refractivity contribution >= 4 is 34.7 Å². The first-order valence-corrected chi connectivity index (χ1v) is 8.22. The van der Waals surface area contributed by atoms with Gasteiger partial charge in [0.2, 0.25) is 5.95 Å². The van der Waals surface area contributed by atoms with E-state index in [9.17, 15) is 0 Å². The van der Waals surface area contributed by atoms with E-state index in [1.807, 2.05) is 50.2 Å². The maximum atomic E-state index is 6.09. The Morgan fingerprint density at radius 1 is 0.920 bits per heavy atom. The Balaban J connectivity index is 1.90. The summed E-state index contributed by atoms with van der Waals surface area (Å²) in [7, 11) is 1.62. The molecule has 6 heteroatoms. The zero-order valence-electron chi connectivity index (χ0n) is 14.3. The molecule has 5 nitrogen and oxygen atoms in total. The van der Waals surface area contributed by atoms with Crippen LogP contribution in [0.2, 0.25) is 5.02 Å². The highest BCUT2D eigenvalue weighted by molar-refractivity contribution is 6.31. The van der Waals surface area contributed by atoms with Crippen LogP contribution < -0.4 is 15.4 Å². The molecular formula is C19H19ClN4O. The topological polar surface area (TPSA) is 59.1 Å². The van der Waals surface area contributed by atoms with Crippen LogP contribution in [0.4, 0.5) is 23.1 Å². The largest absolute Gasteiger partial charge is 0.495 e. The van der Waals surface area contributed by atoms with Gasteiger partial charge in [-0.2, -0.15) is 4.98 Å². The summed E-state index contributed by atoms with van der Waals surface area (Å²) < 4.78 is 5.36. The van der Waals surface area contributed by atoms with Gasteiger partial charge in [-0.25, -0.2) is 4.98 Å². The molecule has 0 radical (unpaired) electrons. The molecule has 0 amide bonds. The van der Waals surface area contributed by atoms with E-state index in [0.717, 1.165) is 22.6 Å². The summed E-state index contributed by atoms with van der Waals surface area (Å²) in [4.78, 5) is 8.99. The Morgan fingerprint density at radius 2 is 1.72 bits per heavy atom. The Hall–Kier alpha value is -2.79. The van der Waals surface area contributed by atoms with Gasteiger partial charge in [-0.3, -0.25) is 0 Å². The molecule has 0 aliphatic heterocycles. The van der Waals surface area contributed by atoms with Crippen molar-refractivity contribution in [1.82, 2.24) is 9.97 Å². The van der Waals surface area contributed by atoms with Gasteiger partial charge in [-0.15, -0.1) is 0 Å². The molecule has 0 fully saturated rings. The van der Waals surface area contributed by atoms with Gasteiger partial charge in [0.15, 0.2) is 0 Å². The molecular weight excluding hydrogens is 336 g/mol. The number of hydrogen-bond donors (Lipinski definition) is 2. The number of hydrogen-bond acceptors (Lipinski definition) is 5. The van der Waals surface area contributed by atoms with Crippen molar-refractivity contribution in [3.05, 3.63) is 64.8 Å². The second-order valence-electron chi connectivity index (χ2n) is 5.63. The molecule has 0 aliphatic rings. The summed E-state index contributed by atoms with van der Waals surface area (Å²) in [5, 5.41) is 7.12. The molecule has 0 spiro atoms. The van der Waals surface area contributed by atoms with Gasteiger partial charge in [0.25, 0.3) is 0 Å². The summed E-state index contributed by atoms with van der Waals surface area (Å²) in [5.41, 5.74) is 3.68. The lowest BCUT2D eigenvalue weighted by atomic mass is 10.2. The number of rotatable bonds is 5. The van der Waals surface area contributed by atoms with Gasteiger partial charge in [0.1, 0.15) is 11.6 Å². The van der Waals surface area contributed by atoms with Gasteiger partial charge in [-0.05, 0) is 43.7 Å². The van der Waals surface area contributed by atoms with Crippen LogP contribution in [-0.4, -0.2) is 17.1 Å². The molecule has 25 heavy (non-hydrogen) atoms. The summed E-state index contributed by atoms with van der Waals surface area (Å²) in [6.45, 7) is 3.96. The van der Waals surface area contributed by atoms with E-state index in [4.69, 9.17) is 16.3 Å². The molecule has 3 rings (SSSR count). The van der Waals surface area contributed by atoms with Crippen molar-refractivity contribution < 1.29 is 4.74 Å². The Morgan fingerprint density at radius 3 is 2.48 bits per heavy atom. The minimum absolute atomic E-state index is 0.526. The van der Waals surface area contributed by atoms with E-state index in [1.165, 1.54) is 0 Å². The lowest BCUT2D eigenvalue weighted by Gasteiger charge is -2.13. The predicted molar refractivity (Wildman–Crippen MR) is 103 cm³/mol. The van der Waals surface area contributed by atoms with Crippen molar-refractivity contribution in [3.8, 4) is 5.75 Å². The monoisotopic (exact) mass is 354 g/mol. The number of aromatic nitrogens is 2. The number of aryl methyl sites for hydroxylation is 2. The maximum absolute atomic E-state index is 6.09. The number of nitrogens with zero attached hydrogens (tertiary/aromatic N) is 2. The fourth-order valence-corrected chi connectivity index (χ4v) is 2.61. The van der Waals surface area contributed by atoms with E-state index in [0.29, 0.717) is 22.5 Å². The van der Waals surface area contributed by atoms with E-state index < -0.39 is 0 Å². The van der Waals surface area contributed by atoms with Gasteiger partial charge < -0.3 is 15.4 Å². The number of para-hydroxylation sites is 1. The van der Waals surface area contributed by atoms with Crippen molar-refractivity contribution in [2.75, 3.05) is 17.7 Å². The standard InChI is InChI=1S/C19H19ClN4O/c1-12-6-4-5-7-15(12)23-19-21-13(2)10-18(24-19)22-16-11-14(20)8-9-17(16)25-3/h4-11H,1-3H3,(H2,21,22,23,24). The molecule has 2 N–H and O–H groups in total. The molecule has 2 aromatic carbocycles. The fourth-order valence-electron chi connectivity index (χ4n) is 2.44. The first kappa shape index (κ1) is 17.0. The Kier molecular flexibility index (Phi) is 5.05. The summed E-state index contributed by atoms with van der Waals surface area (Å²) in [5.74, 6) is 1.87. The zero-order valence-corrected chi connectivity index (χ0v) is 15.1. The lowest BCUT2D eigenvalue weighted by Crippen LogP contribution is -2.03. The van der Waals surface area contributed by atoms with Crippen LogP contribution in [0.15, 0.2) is 48.5 Å². The third-order valence-electron chi connectivity index (χ3n) is 3.67. The van der Waals surface area contributed by atoms with Crippen molar-refractivity contribution in [2.45, 2.75) is 13.8 Å². The molecule has 0 unspecified atom stereocenters. The third kappa shape index (κ3) is 4.19. The highest BCUT2D eigenvalue weighted by atomic mass is 35.5. The average molecular weight is 355 g/mol. The number of anilines is 4. The summed E-state index contributed by atoms with van der Waals surface area (Å²) in [6.07, 6.45) is 0. The molecule has 1 aromatic heterocycles. The molecule has 0 bridgehead atoms. The number of halogens is 1. The first-order chi connectivity index (χ1) is 12.0. The smallest absolute Gasteiger partial charge is 0.229 e. The normalized spacial score (nSPS) is 10.4. The molecule has 0 saturated carbocycles. The molecule has 0 aliphatic carbocycles. The van der Waals surface area contributed by atoms with Gasteiger partial charge in [-0.1, -0.05) is 29.8 Å².